The van der Waals surface area contributed by atoms with Gasteiger partial charge in [0.05, 0.1) is 4.47 Å². The van der Waals surface area contributed by atoms with E-state index >= 15 is 0 Å². The maximum atomic E-state index is 12.6. The third-order valence-electron chi connectivity index (χ3n) is 5.22. The lowest BCUT2D eigenvalue weighted by atomic mass is 10.1. The fraction of sp³-hybridized carbons (Fsp3) is 0.261. The number of fused-ring (bicyclic) bond motifs is 1. The summed E-state index contributed by atoms with van der Waals surface area (Å²) in [6.45, 7) is 4.07. The first kappa shape index (κ1) is 20.2. The second kappa shape index (κ2) is 9.16. The summed E-state index contributed by atoms with van der Waals surface area (Å²) in [4.78, 5) is 16.8. The number of nitrogens with zero attached hydrogens (tertiary/aromatic N) is 2. The lowest BCUT2D eigenvalue weighted by Gasteiger charge is -2.34. The van der Waals surface area contributed by atoms with Gasteiger partial charge >= 0.3 is 0 Å². The summed E-state index contributed by atoms with van der Waals surface area (Å²) in [5.41, 5.74) is 1.23. The topological polar surface area (TPSA) is 32.8 Å². The molecule has 0 unspecified atom stereocenters. The van der Waals surface area contributed by atoms with Crippen molar-refractivity contribution >= 4 is 44.2 Å². The normalized spacial score (nSPS) is 14.9. The number of halogens is 2. The van der Waals surface area contributed by atoms with Crippen molar-refractivity contribution in [3.05, 3.63) is 75.7 Å². The molecule has 29 heavy (non-hydrogen) atoms. The van der Waals surface area contributed by atoms with Gasteiger partial charge in [0.2, 0.25) is 0 Å². The predicted molar refractivity (Wildman–Crippen MR) is 120 cm³/mol. The Bertz CT molecular complexity index is 1000. The number of piperazine rings is 1. The van der Waals surface area contributed by atoms with E-state index in [1.807, 2.05) is 47.4 Å². The van der Waals surface area contributed by atoms with Crippen molar-refractivity contribution in [2.75, 3.05) is 32.8 Å². The predicted octanol–water partition coefficient (Wildman–Crippen LogP) is 4.98. The van der Waals surface area contributed by atoms with Crippen molar-refractivity contribution in [2.24, 2.45) is 0 Å². The first-order valence-electron chi connectivity index (χ1n) is 9.65. The molecule has 3 aromatic rings. The van der Waals surface area contributed by atoms with Crippen LogP contribution in [0.3, 0.4) is 0 Å². The molecule has 0 saturated carbocycles. The molecule has 6 heteroatoms. The summed E-state index contributed by atoms with van der Waals surface area (Å²) in [6, 6.07) is 19.9. The Morgan fingerprint density at radius 2 is 1.69 bits per heavy atom. The smallest absolute Gasteiger partial charge is 0.260 e. The second-order valence-electron chi connectivity index (χ2n) is 7.17. The first-order valence-corrected chi connectivity index (χ1v) is 10.8. The summed E-state index contributed by atoms with van der Waals surface area (Å²) < 4.78 is 6.71. The lowest BCUT2D eigenvalue weighted by molar-refractivity contribution is -0.135. The quantitative estimate of drug-likeness (QED) is 0.524. The fourth-order valence-electron chi connectivity index (χ4n) is 3.56. The number of amides is 1. The van der Waals surface area contributed by atoms with Crippen LogP contribution in [0.5, 0.6) is 5.75 Å². The van der Waals surface area contributed by atoms with Crippen molar-refractivity contribution in [3.8, 4) is 5.75 Å². The van der Waals surface area contributed by atoms with E-state index in [2.05, 4.69) is 39.0 Å². The molecule has 3 aromatic carbocycles. The lowest BCUT2D eigenvalue weighted by Crippen LogP contribution is -2.49. The number of carbonyl (C=O) groups is 1. The number of hydrogen-bond donors (Lipinski definition) is 0. The molecular weight excluding hydrogens is 452 g/mol. The average molecular weight is 474 g/mol. The van der Waals surface area contributed by atoms with E-state index in [4.69, 9.17) is 16.3 Å². The maximum Gasteiger partial charge on any atom is 0.260 e. The molecule has 1 amide bonds. The number of benzene rings is 3. The molecule has 1 saturated heterocycles. The van der Waals surface area contributed by atoms with Gasteiger partial charge in [-0.15, -0.1) is 0 Å². The molecule has 0 spiro atoms. The van der Waals surface area contributed by atoms with Crippen LogP contribution in [0.1, 0.15) is 5.56 Å². The molecular formula is C23H22BrClN2O2. The molecule has 0 atom stereocenters. The van der Waals surface area contributed by atoms with E-state index in [0.29, 0.717) is 18.8 Å². The molecule has 1 fully saturated rings. The van der Waals surface area contributed by atoms with Crippen LogP contribution >= 0.6 is 27.5 Å². The second-order valence-corrected chi connectivity index (χ2v) is 8.40. The van der Waals surface area contributed by atoms with Gasteiger partial charge < -0.3 is 9.64 Å². The van der Waals surface area contributed by atoms with Crippen LogP contribution in [0.25, 0.3) is 10.8 Å². The molecule has 0 bridgehead atoms. The molecule has 0 aliphatic carbocycles. The maximum absolute atomic E-state index is 12.6. The molecule has 4 rings (SSSR count). The average Bonchev–Trinajstić information content (AvgIpc) is 2.75. The van der Waals surface area contributed by atoms with Crippen molar-refractivity contribution in [1.29, 1.82) is 0 Å². The molecule has 0 radical (unpaired) electrons. The van der Waals surface area contributed by atoms with Gasteiger partial charge in [-0.2, -0.15) is 0 Å². The standard InChI is InChI=1S/C23H22BrClN2O2/c24-23-20-4-2-1-3-18(20)7-10-21(23)29-16-22(28)27-13-11-26(12-14-27)15-17-5-8-19(25)9-6-17/h1-10H,11-16H2. The third kappa shape index (κ3) is 4.92. The van der Waals surface area contributed by atoms with E-state index in [0.717, 1.165) is 39.9 Å². The van der Waals surface area contributed by atoms with E-state index in [-0.39, 0.29) is 12.5 Å². The molecule has 1 heterocycles. The van der Waals surface area contributed by atoms with Gasteiger partial charge in [-0.05, 0) is 50.5 Å². The van der Waals surface area contributed by atoms with Gasteiger partial charge in [0.1, 0.15) is 5.75 Å². The zero-order valence-corrected chi connectivity index (χ0v) is 18.3. The SMILES string of the molecule is O=C(COc1ccc2ccccc2c1Br)N1CCN(Cc2ccc(Cl)cc2)CC1. The van der Waals surface area contributed by atoms with Crippen molar-refractivity contribution in [3.63, 3.8) is 0 Å². The Kier molecular flexibility index (Phi) is 6.38. The monoisotopic (exact) mass is 472 g/mol. The summed E-state index contributed by atoms with van der Waals surface area (Å²) in [5, 5.41) is 2.96. The molecule has 4 nitrogen and oxygen atoms in total. The summed E-state index contributed by atoms with van der Waals surface area (Å²) in [7, 11) is 0. The van der Waals surface area contributed by atoms with Gasteiger partial charge in [-0.3, -0.25) is 9.69 Å². The van der Waals surface area contributed by atoms with Gasteiger partial charge in [0.15, 0.2) is 6.61 Å². The molecule has 1 aliphatic heterocycles. The van der Waals surface area contributed by atoms with Gasteiger partial charge in [0.25, 0.3) is 5.91 Å². The Morgan fingerprint density at radius 3 is 2.45 bits per heavy atom. The Morgan fingerprint density at radius 1 is 0.966 bits per heavy atom. The molecule has 0 N–H and O–H groups in total. The number of hydrogen-bond acceptors (Lipinski definition) is 3. The summed E-state index contributed by atoms with van der Waals surface area (Å²) in [5.74, 6) is 0.717. The van der Waals surface area contributed by atoms with Crippen LogP contribution in [0, 0.1) is 0 Å². The zero-order chi connectivity index (χ0) is 20.2. The zero-order valence-electron chi connectivity index (χ0n) is 16.0. The Hall–Kier alpha value is -2.08. The van der Waals surface area contributed by atoms with Crippen molar-refractivity contribution in [1.82, 2.24) is 9.80 Å². The van der Waals surface area contributed by atoms with E-state index < -0.39 is 0 Å². The first-order chi connectivity index (χ1) is 14.1. The minimum absolute atomic E-state index is 0.0243. The molecule has 150 valence electrons. The van der Waals surface area contributed by atoms with Gasteiger partial charge in [-0.1, -0.05) is 54.1 Å². The fourth-order valence-corrected chi connectivity index (χ4v) is 4.29. The summed E-state index contributed by atoms with van der Waals surface area (Å²) in [6.07, 6.45) is 0. The molecule has 1 aliphatic rings. The number of rotatable bonds is 5. The minimum Gasteiger partial charge on any atom is -0.483 e. The highest BCUT2D eigenvalue weighted by Gasteiger charge is 2.21. The highest BCUT2D eigenvalue weighted by Crippen LogP contribution is 2.33. The Balaban J connectivity index is 1.29. The van der Waals surface area contributed by atoms with Crippen LogP contribution in [0.2, 0.25) is 5.02 Å². The Labute approximate surface area is 184 Å². The molecule has 0 aromatic heterocycles. The van der Waals surface area contributed by atoms with E-state index in [9.17, 15) is 4.79 Å². The van der Waals surface area contributed by atoms with Gasteiger partial charge in [-0.25, -0.2) is 0 Å². The van der Waals surface area contributed by atoms with Gasteiger partial charge in [0, 0.05) is 37.7 Å². The number of carbonyl (C=O) groups excluding carboxylic acids is 1. The van der Waals surface area contributed by atoms with E-state index in [1.165, 1.54) is 5.56 Å². The minimum atomic E-state index is 0.0243. The summed E-state index contributed by atoms with van der Waals surface area (Å²) >= 11 is 9.56. The third-order valence-corrected chi connectivity index (χ3v) is 6.29. The highest BCUT2D eigenvalue weighted by molar-refractivity contribution is 9.10. The highest BCUT2D eigenvalue weighted by atomic mass is 79.9. The van der Waals surface area contributed by atoms with Crippen LogP contribution in [-0.2, 0) is 11.3 Å². The largest absolute Gasteiger partial charge is 0.483 e. The van der Waals surface area contributed by atoms with Crippen LogP contribution in [0.4, 0.5) is 0 Å². The van der Waals surface area contributed by atoms with Crippen LogP contribution < -0.4 is 4.74 Å². The van der Waals surface area contributed by atoms with Crippen molar-refractivity contribution < 1.29 is 9.53 Å². The van der Waals surface area contributed by atoms with E-state index in [1.54, 1.807) is 0 Å². The van der Waals surface area contributed by atoms with Crippen LogP contribution in [-0.4, -0.2) is 48.5 Å². The van der Waals surface area contributed by atoms with Crippen molar-refractivity contribution in [2.45, 2.75) is 6.54 Å². The van der Waals surface area contributed by atoms with Crippen LogP contribution in [0.15, 0.2) is 65.1 Å². The number of ether oxygens (including phenoxy) is 1.